The second-order valence-electron chi connectivity index (χ2n) is 4.33. The summed E-state index contributed by atoms with van der Waals surface area (Å²) < 4.78 is 5.75. The zero-order chi connectivity index (χ0) is 14.7. The second-order valence-corrected chi connectivity index (χ2v) is 4.33. The van der Waals surface area contributed by atoms with Gasteiger partial charge in [0.25, 0.3) is 0 Å². The number of anilines is 1. The number of hydrogen-bond donors (Lipinski definition) is 2. The predicted octanol–water partition coefficient (Wildman–Crippen LogP) is 1.54. The molecule has 0 radical (unpaired) electrons. The third-order valence-corrected chi connectivity index (χ3v) is 2.96. The number of aromatic nitrogens is 2. The molecule has 0 aliphatic carbocycles. The minimum atomic E-state index is -0.212. The normalized spacial score (nSPS) is 10.4. The maximum absolute atomic E-state index is 11.5. The molecule has 0 aliphatic heterocycles. The van der Waals surface area contributed by atoms with Crippen molar-refractivity contribution in [3.05, 3.63) is 30.6 Å². The molecule has 104 valence electrons. The first-order valence-corrected chi connectivity index (χ1v) is 6.36. The lowest BCUT2D eigenvalue weighted by Gasteiger charge is -2.05. The van der Waals surface area contributed by atoms with Gasteiger partial charge in [-0.25, -0.2) is 9.97 Å². The first-order chi connectivity index (χ1) is 10.3. The Morgan fingerprint density at radius 1 is 1.33 bits per heavy atom. The van der Waals surface area contributed by atoms with Crippen molar-refractivity contribution in [3.8, 4) is 12.3 Å². The van der Waals surface area contributed by atoms with Crippen LogP contribution in [0.5, 0.6) is 0 Å². The van der Waals surface area contributed by atoms with Gasteiger partial charge in [0, 0.05) is 5.39 Å². The van der Waals surface area contributed by atoms with Gasteiger partial charge in [-0.15, -0.1) is 6.42 Å². The van der Waals surface area contributed by atoms with Gasteiger partial charge >= 0.3 is 0 Å². The highest BCUT2D eigenvalue weighted by atomic mass is 16.3. The zero-order valence-corrected chi connectivity index (χ0v) is 11.1. The minimum Gasteiger partial charge on any atom is -0.450 e. The van der Waals surface area contributed by atoms with Gasteiger partial charge in [0.1, 0.15) is 17.4 Å². The van der Waals surface area contributed by atoms with Crippen molar-refractivity contribution < 1.29 is 9.21 Å². The zero-order valence-electron chi connectivity index (χ0n) is 11.1. The number of rotatable bonds is 4. The molecule has 6 nitrogen and oxygen atoms in total. The number of nitrogens with zero attached hydrogens (tertiary/aromatic N) is 2. The van der Waals surface area contributed by atoms with Crippen LogP contribution in [0.25, 0.3) is 22.1 Å². The lowest BCUT2D eigenvalue weighted by atomic mass is 10.2. The van der Waals surface area contributed by atoms with Gasteiger partial charge in [-0.2, -0.15) is 0 Å². The average molecular weight is 280 g/mol. The van der Waals surface area contributed by atoms with Crippen LogP contribution in [-0.4, -0.2) is 29.0 Å². The topological polar surface area (TPSA) is 80.0 Å². The van der Waals surface area contributed by atoms with Gasteiger partial charge in [-0.1, -0.05) is 18.1 Å². The monoisotopic (exact) mass is 280 g/mol. The van der Waals surface area contributed by atoms with Crippen LogP contribution < -0.4 is 10.6 Å². The van der Waals surface area contributed by atoms with Crippen LogP contribution in [0, 0.1) is 12.3 Å². The Hall–Kier alpha value is -3.07. The molecule has 6 heteroatoms. The molecule has 0 saturated carbocycles. The molecular formula is C15H12N4O2. The Bertz CT molecular complexity index is 848. The highest BCUT2D eigenvalue weighted by Crippen LogP contribution is 2.29. The maximum Gasteiger partial charge on any atom is 0.240 e. The van der Waals surface area contributed by atoms with E-state index < -0.39 is 0 Å². The predicted molar refractivity (Wildman–Crippen MR) is 79.6 cm³/mol. The number of amides is 1. The Balaban J connectivity index is 1.89. The molecule has 0 saturated heterocycles. The summed E-state index contributed by atoms with van der Waals surface area (Å²) >= 11 is 0. The summed E-state index contributed by atoms with van der Waals surface area (Å²) in [5, 5.41) is 6.41. The standard InChI is InChI=1S/C15H12N4O2/c1-2-7-16-12(20)8-17-15-14-13(18-9-19-15)10-5-3-4-6-11(10)21-14/h1,3-6,9H,7-8H2,(H,16,20)(H,17,18,19). The summed E-state index contributed by atoms with van der Waals surface area (Å²) in [5.41, 5.74) is 1.98. The Morgan fingerprint density at radius 3 is 3.05 bits per heavy atom. The molecule has 0 fully saturated rings. The molecule has 2 N–H and O–H groups in total. The van der Waals surface area contributed by atoms with Gasteiger partial charge in [-0.05, 0) is 12.1 Å². The number of nitrogens with one attached hydrogen (secondary N) is 2. The number of fused-ring (bicyclic) bond motifs is 3. The van der Waals surface area contributed by atoms with E-state index in [1.807, 2.05) is 24.3 Å². The number of furan rings is 1. The van der Waals surface area contributed by atoms with E-state index in [1.54, 1.807) is 0 Å². The van der Waals surface area contributed by atoms with E-state index in [0.717, 1.165) is 11.0 Å². The van der Waals surface area contributed by atoms with E-state index in [4.69, 9.17) is 10.8 Å². The van der Waals surface area contributed by atoms with Crippen molar-refractivity contribution in [2.45, 2.75) is 0 Å². The van der Waals surface area contributed by atoms with Gasteiger partial charge in [0.2, 0.25) is 5.91 Å². The number of carbonyl (C=O) groups is 1. The van der Waals surface area contributed by atoms with Gasteiger partial charge in [-0.3, -0.25) is 4.79 Å². The largest absolute Gasteiger partial charge is 0.450 e. The smallest absolute Gasteiger partial charge is 0.240 e. The summed E-state index contributed by atoms with van der Waals surface area (Å²) in [4.78, 5) is 19.9. The maximum atomic E-state index is 11.5. The SMILES string of the molecule is C#CCNC(=O)CNc1ncnc2c1oc1ccccc12. The second kappa shape index (κ2) is 5.51. The fourth-order valence-electron chi connectivity index (χ4n) is 2.03. The van der Waals surface area contributed by atoms with Crippen molar-refractivity contribution in [1.82, 2.24) is 15.3 Å². The Kier molecular flexibility index (Phi) is 3.39. The number of para-hydroxylation sites is 1. The molecule has 21 heavy (non-hydrogen) atoms. The number of benzene rings is 1. The molecule has 2 heterocycles. The molecule has 2 aromatic heterocycles. The number of terminal acetylenes is 1. The third-order valence-electron chi connectivity index (χ3n) is 2.96. The van der Waals surface area contributed by atoms with Crippen LogP contribution in [0.2, 0.25) is 0 Å². The molecule has 0 aliphatic rings. The Labute approximate surface area is 120 Å². The summed E-state index contributed by atoms with van der Waals surface area (Å²) in [5.74, 6) is 2.61. The summed E-state index contributed by atoms with van der Waals surface area (Å²) in [6.07, 6.45) is 6.52. The highest BCUT2D eigenvalue weighted by molar-refractivity contribution is 6.05. The first-order valence-electron chi connectivity index (χ1n) is 6.36. The quantitative estimate of drug-likeness (QED) is 0.709. The van der Waals surface area contributed by atoms with Gasteiger partial charge in [0.05, 0.1) is 13.1 Å². The molecule has 0 atom stereocenters. The van der Waals surface area contributed by atoms with Crippen LogP contribution in [0.4, 0.5) is 5.82 Å². The average Bonchev–Trinajstić information content (AvgIpc) is 2.90. The molecule has 0 bridgehead atoms. The van der Waals surface area contributed by atoms with E-state index in [0.29, 0.717) is 16.9 Å². The lowest BCUT2D eigenvalue weighted by Crippen LogP contribution is -2.30. The van der Waals surface area contributed by atoms with Crippen molar-refractivity contribution >= 4 is 33.8 Å². The van der Waals surface area contributed by atoms with Crippen LogP contribution in [0.3, 0.4) is 0 Å². The van der Waals surface area contributed by atoms with Crippen molar-refractivity contribution in [3.63, 3.8) is 0 Å². The Morgan fingerprint density at radius 2 is 2.19 bits per heavy atom. The van der Waals surface area contributed by atoms with E-state index in [1.165, 1.54) is 6.33 Å². The first kappa shape index (κ1) is 12.9. The molecule has 1 amide bonds. The number of hydrogen-bond acceptors (Lipinski definition) is 5. The highest BCUT2D eigenvalue weighted by Gasteiger charge is 2.13. The molecule has 3 aromatic rings. The third kappa shape index (κ3) is 2.49. The molecule has 0 unspecified atom stereocenters. The molecule has 1 aromatic carbocycles. The molecule has 0 spiro atoms. The summed E-state index contributed by atoms with van der Waals surface area (Å²) in [6, 6.07) is 7.59. The fourth-order valence-corrected chi connectivity index (χ4v) is 2.03. The van der Waals surface area contributed by atoms with Crippen molar-refractivity contribution in [2.75, 3.05) is 18.4 Å². The van der Waals surface area contributed by atoms with E-state index >= 15 is 0 Å². The van der Waals surface area contributed by atoms with E-state index in [9.17, 15) is 4.79 Å². The van der Waals surface area contributed by atoms with Crippen LogP contribution in [0.15, 0.2) is 35.0 Å². The summed E-state index contributed by atoms with van der Waals surface area (Å²) in [7, 11) is 0. The minimum absolute atomic E-state index is 0.0604. The van der Waals surface area contributed by atoms with E-state index in [-0.39, 0.29) is 19.0 Å². The van der Waals surface area contributed by atoms with Crippen LogP contribution in [-0.2, 0) is 4.79 Å². The van der Waals surface area contributed by atoms with Gasteiger partial charge < -0.3 is 15.1 Å². The molecule has 3 rings (SSSR count). The number of carbonyl (C=O) groups excluding carboxylic acids is 1. The van der Waals surface area contributed by atoms with Crippen LogP contribution >= 0.6 is 0 Å². The van der Waals surface area contributed by atoms with Gasteiger partial charge in [0.15, 0.2) is 11.4 Å². The van der Waals surface area contributed by atoms with Crippen molar-refractivity contribution in [1.29, 1.82) is 0 Å². The van der Waals surface area contributed by atoms with Crippen LogP contribution in [0.1, 0.15) is 0 Å². The summed E-state index contributed by atoms with van der Waals surface area (Å²) in [6.45, 7) is 0.259. The fraction of sp³-hybridized carbons (Fsp3) is 0.133. The molecular weight excluding hydrogens is 268 g/mol. The lowest BCUT2D eigenvalue weighted by molar-refractivity contribution is -0.119. The van der Waals surface area contributed by atoms with E-state index in [2.05, 4.69) is 26.5 Å². The van der Waals surface area contributed by atoms with Crippen molar-refractivity contribution in [2.24, 2.45) is 0 Å².